The molecule has 1 saturated heterocycles. The van der Waals surface area contributed by atoms with Crippen LogP contribution in [0.3, 0.4) is 0 Å². The standard InChI is InChI=1S/C21H36N4O2/c1-17-8-13-25(14-9-17)15-11-23-21(22-2)24(3)12-10-18-6-7-19(26-4)20(16-18)27-5/h6-7,16-17H,8-15H2,1-5H3,(H,22,23). The van der Waals surface area contributed by atoms with Gasteiger partial charge >= 0.3 is 0 Å². The first-order chi connectivity index (χ1) is 13.1. The highest BCUT2D eigenvalue weighted by molar-refractivity contribution is 5.79. The second kappa shape index (κ2) is 11.0. The summed E-state index contributed by atoms with van der Waals surface area (Å²) >= 11 is 0. The Morgan fingerprint density at radius 3 is 2.56 bits per heavy atom. The number of hydrogen-bond acceptors (Lipinski definition) is 4. The third kappa shape index (κ3) is 6.61. The van der Waals surface area contributed by atoms with Gasteiger partial charge < -0.3 is 24.6 Å². The molecule has 1 heterocycles. The molecule has 2 rings (SSSR count). The number of hydrogen-bond donors (Lipinski definition) is 1. The minimum absolute atomic E-state index is 0.763. The van der Waals surface area contributed by atoms with Crippen LogP contribution >= 0.6 is 0 Å². The van der Waals surface area contributed by atoms with Gasteiger partial charge in [-0.2, -0.15) is 0 Å². The summed E-state index contributed by atoms with van der Waals surface area (Å²) in [6.45, 7) is 7.69. The normalized spacial score (nSPS) is 16.3. The van der Waals surface area contributed by atoms with E-state index in [1.807, 2.05) is 19.2 Å². The molecule has 1 N–H and O–H groups in total. The molecule has 0 atom stereocenters. The Morgan fingerprint density at radius 1 is 1.22 bits per heavy atom. The molecular formula is C21H36N4O2. The monoisotopic (exact) mass is 376 g/mol. The van der Waals surface area contributed by atoms with E-state index in [1.54, 1.807) is 14.2 Å². The van der Waals surface area contributed by atoms with Crippen molar-refractivity contribution in [3.05, 3.63) is 23.8 Å². The lowest BCUT2D eigenvalue weighted by atomic mass is 9.99. The predicted molar refractivity (Wildman–Crippen MR) is 112 cm³/mol. The van der Waals surface area contributed by atoms with Crippen LogP contribution in [0.25, 0.3) is 0 Å². The number of benzene rings is 1. The fourth-order valence-corrected chi connectivity index (χ4v) is 3.44. The number of guanidine groups is 1. The number of likely N-dealkylation sites (tertiary alicyclic amines) is 1. The van der Waals surface area contributed by atoms with Gasteiger partial charge in [-0.15, -0.1) is 0 Å². The number of ether oxygens (including phenoxy) is 2. The molecule has 1 fully saturated rings. The van der Waals surface area contributed by atoms with Crippen molar-refractivity contribution in [2.75, 3.05) is 61.0 Å². The van der Waals surface area contributed by atoms with Crippen LogP contribution in [0.15, 0.2) is 23.2 Å². The highest BCUT2D eigenvalue weighted by Gasteiger charge is 2.15. The largest absolute Gasteiger partial charge is 0.493 e. The topological polar surface area (TPSA) is 49.3 Å². The maximum absolute atomic E-state index is 5.39. The van der Waals surface area contributed by atoms with E-state index in [4.69, 9.17) is 9.47 Å². The molecule has 1 aromatic rings. The minimum atomic E-state index is 0.763. The molecular weight excluding hydrogens is 340 g/mol. The second-order valence-electron chi connectivity index (χ2n) is 7.36. The van der Waals surface area contributed by atoms with Gasteiger partial charge in [0.15, 0.2) is 17.5 Å². The molecule has 152 valence electrons. The summed E-state index contributed by atoms with van der Waals surface area (Å²) < 4.78 is 10.7. The van der Waals surface area contributed by atoms with Crippen molar-refractivity contribution in [3.63, 3.8) is 0 Å². The van der Waals surface area contributed by atoms with E-state index in [-0.39, 0.29) is 0 Å². The fraction of sp³-hybridized carbons (Fsp3) is 0.667. The van der Waals surface area contributed by atoms with Crippen LogP contribution in [0.2, 0.25) is 0 Å². The van der Waals surface area contributed by atoms with E-state index in [0.29, 0.717) is 0 Å². The van der Waals surface area contributed by atoms with Crippen molar-refractivity contribution in [2.45, 2.75) is 26.2 Å². The van der Waals surface area contributed by atoms with Gasteiger partial charge in [0.05, 0.1) is 14.2 Å². The van der Waals surface area contributed by atoms with Crippen LogP contribution in [0, 0.1) is 5.92 Å². The predicted octanol–water partition coefficient (Wildman–Crippen LogP) is 2.49. The van der Waals surface area contributed by atoms with Crippen molar-refractivity contribution in [2.24, 2.45) is 10.9 Å². The number of rotatable bonds is 8. The molecule has 0 aromatic heterocycles. The van der Waals surface area contributed by atoms with Crippen LogP contribution in [-0.2, 0) is 6.42 Å². The summed E-state index contributed by atoms with van der Waals surface area (Å²) in [5.74, 6) is 3.36. The summed E-state index contributed by atoms with van der Waals surface area (Å²) in [4.78, 5) is 9.15. The molecule has 0 aliphatic carbocycles. The Morgan fingerprint density at radius 2 is 1.93 bits per heavy atom. The van der Waals surface area contributed by atoms with Crippen molar-refractivity contribution in [3.8, 4) is 11.5 Å². The Labute approximate surface area is 164 Å². The summed E-state index contributed by atoms with van der Waals surface area (Å²) in [5, 5.41) is 3.49. The van der Waals surface area contributed by atoms with E-state index in [0.717, 1.165) is 49.4 Å². The number of methoxy groups -OCH3 is 2. The summed E-state index contributed by atoms with van der Waals surface area (Å²) in [6, 6.07) is 6.09. The second-order valence-corrected chi connectivity index (χ2v) is 7.36. The Balaban J connectivity index is 1.77. The fourth-order valence-electron chi connectivity index (χ4n) is 3.44. The lowest BCUT2D eigenvalue weighted by molar-refractivity contribution is 0.195. The molecule has 0 unspecified atom stereocenters. The first-order valence-electron chi connectivity index (χ1n) is 9.92. The zero-order valence-electron chi connectivity index (χ0n) is 17.6. The zero-order chi connectivity index (χ0) is 19.6. The summed E-state index contributed by atoms with van der Waals surface area (Å²) in [5.41, 5.74) is 1.22. The van der Waals surface area contributed by atoms with E-state index in [9.17, 15) is 0 Å². The Hall–Kier alpha value is -1.95. The van der Waals surface area contributed by atoms with Crippen LogP contribution in [0.4, 0.5) is 0 Å². The van der Waals surface area contributed by atoms with E-state index >= 15 is 0 Å². The highest BCUT2D eigenvalue weighted by atomic mass is 16.5. The van der Waals surface area contributed by atoms with Gasteiger partial charge in [-0.1, -0.05) is 13.0 Å². The number of aliphatic imine (C=N–C) groups is 1. The smallest absolute Gasteiger partial charge is 0.193 e. The van der Waals surface area contributed by atoms with Crippen LogP contribution < -0.4 is 14.8 Å². The Kier molecular flexibility index (Phi) is 8.72. The Bertz CT molecular complexity index is 598. The molecule has 1 aliphatic rings. The SMILES string of the molecule is CN=C(NCCN1CCC(C)CC1)N(C)CCc1ccc(OC)c(OC)c1. The van der Waals surface area contributed by atoms with E-state index < -0.39 is 0 Å². The van der Waals surface area contributed by atoms with E-state index in [1.165, 1.54) is 31.5 Å². The van der Waals surface area contributed by atoms with Crippen LogP contribution in [0.5, 0.6) is 11.5 Å². The molecule has 27 heavy (non-hydrogen) atoms. The zero-order valence-corrected chi connectivity index (χ0v) is 17.6. The molecule has 1 aliphatic heterocycles. The van der Waals surface area contributed by atoms with Crippen molar-refractivity contribution in [1.29, 1.82) is 0 Å². The van der Waals surface area contributed by atoms with Gasteiger partial charge in [0.2, 0.25) is 0 Å². The lowest BCUT2D eigenvalue weighted by Gasteiger charge is -2.30. The maximum atomic E-state index is 5.39. The number of nitrogens with one attached hydrogen (secondary N) is 1. The number of likely N-dealkylation sites (N-methyl/N-ethyl adjacent to an activating group) is 1. The third-order valence-electron chi connectivity index (χ3n) is 5.34. The first-order valence-corrected chi connectivity index (χ1v) is 9.92. The van der Waals surface area contributed by atoms with Gasteiger partial charge in [-0.05, 0) is 56.0 Å². The van der Waals surface area contributed by atoms with Gasteiger partial charge in [0, 0.05) is 33.7 Å². The van der Waals surface area contributed by atoms with Crippen molar-refractivity contribution < 1.29 is 9.47 Å². The number of nitrogens with zero attached hydrogens (tertiary/aromatic N) is 3. The quantitative estimate of drug-likeness (QED) is 0.558. The first kappa shape index (κ1) is 21.4. The lowest BCUT2D eigenvalue weighted by Crippen LogP contribution is -2.44. The molecule has 1 aromatic carbocycles. The molecule has 0 bridgehead atoms. The van der Waals surface area contributed by atoms with Gasteiger partial charge in [0.1, 0.15) is 0 Å². The third-order valence-corrected chi connectivity index (χ3v) is 5.34. The van der Waals surface area contributed by atoms with Gasteiger partial charge in [0.25, 0.3) is 0 Å². The molecule has 6 heteroatoms. The van der Waals surface area contributed by atoms with Gasteiger partial charge in [-0.3, -0.25) is 4.99 Å². The number of piperidine rings is 1. The molecule has 0 saturated carbocycles. The van der Waals surface area contributed by atoms with Gasteiger partial charge in [-0.25, -0.2) is 0 Å². The van der Waals surface area contributed by atoms with Crippen molar-refractivity contribution >= 4 is 5.96 Å². The average Bonchev–Trinajstić information content (AvgIpc) is 2.70. The molecule has 6 nitrogen and oxygen atoms in total. The summed E-state index contributed by atoms with van der Waals surface area (Å²) in [6.07, 6.45) is 3.56. The maximum Gasteiger partial charge on any atom is 0.193 e. The van der Waals surface area contributed by atoms with E-state index in [2.05, 4.69) is 40.1 Å². The van der Waals surface area contributed by atoms with Crippen LogP contribution in [0.1, 0.15) is 25.3 Å². The van der Waals surface area contributed by atoms with Crippen molar-refractivity contribution in [1.82, 2.24) is 15.1 Å². The minimum Gasteiger partial charge on any atom is -0.493 e. The average molecular weight is 377 g/mol. The highest BCUT2D eigenvalue weighted by Crippen LogP contribution is 2.27. The molecule has 0 spiro atoms. The summed E-state index contributed by atoms with van der Waals surface area (Å²) in [7, 11) is 7.25. The molecule has 0 radical (unpaired) electrons. The van der Waals surface area contributed by atoms with Crippen LogP contribution in [-0.4, -0.2) is 76.8 Å². The molecule has 0 amide bonds.